The van der Waals surface area contributed by atoms with E-state index in [-0.39, 0.29) is 6.10 Å². The molecule has 2 unspecified atom stereocenters. The first-order valence-electron chi connectivity index (χ1n) is 4.93. The van der Waals surface area contributed by atoms with Crippen LogP contribution in [0.15, 0.2) is 0 Å². The molecule has 2 atom stereocenters. The number of hydrogen-bond donors (Lipinski definition) is 2. The van der Waals surface area contributed by atoms with E-state index in [2.05, 4.69) is 5.32 Å². The number of hydrogen-bond acceptors (Lipinski definition) is 4. The van der Waals surface area contributed by atoms with Crippen molar-refractivity contribution in [3.05, 3.63) is 0 Å². The molecular formula is C9H17NO2S. The second-order valence-electron chi connectivity index (χ2n) is 3.83. The smallest absolute Gasteiger partial charge is 0.0715 e. The van der Waals surface area contributed by atoms with Crippen molar-refractivity contribution >= 4 is 11.8 Å². The molecule has 2 N–H and O–H groups in total. The summed E-state index contributed by atoms with van der Waals surface area (Å²) in [5, 5.41) is 13.1. The Balaban J connectivity index is 1.62. The first-order valence-corrected chi connectivity index (χ1v) is 6.08. The van der Waals surface area contributed by atoms with E-state index < -0.39 is 0 Å². The summed E-state index contributed by atoms with van der Waals surface area (Å²) >= 11 is 1.96. The summed E-state index contributed by atoms with van der Waals surface area (Å²) < 4.78 is 5.23. The van der Waals surface area contributed by atoms with Crippen LogP contribution in [0.25, 0.3) is 0 Å². The Morgan fingerprint density at radius 3 is 2.92 bits per heavy atom. The molecule has 2 rings (SSSR count). The van der Waals surface area contributed by atoms with Gasteiger partial charge >= 0.3 is 0 Å². The van der Waals surface area contributed by atoms with Crippen molar-refractivity contribution in [2.75, 3.05) is 31.3 Å². The molecule has 2 fully saturated rings. The summed E-state index contributed by atoms with van der Waals surface area (Å²) in [5.41, 5.74) is 0. The Hall–Kier alpha value is 0.230. The third-order valence-electron chi connectivity index (χ3n) is 2.76. The number of aliphatic hydroxyl groups excluding tert-OH is 1. The first-order chi connectivity index (χ1) is 6.36. The van der Waals surface area contributed by atoms with E-state index in [0.717, 1.165) is 26.2 Å². The fourth-order valence-corrected chi connectivity index (χ4v) is 2.37. The zero-order chi connectivity index (χ0) is 9.10. The van der Waals surface area contributed by atoms with Gasteiger partial charge in [0.25, 0.3) is 0 Å². The normalized spacial score (nSPS) is 31.6. The molecule has 0 aromatic rings. The summed E-state index contributed by atoms with van der Waals surface area (Å²) in [7, 11) is 0. The van der Waals surface area contributed by atoms with E-state index in [0.29, 0.717) is 12.0 Å². The van der Waals surface area contributed by atoms with Crippen molar-refractivity contribution < 1.29 is 9.84 Å². The van der Waals surface area contributed by atoms with Crippen molar-refractivity contribution in [2.45, 2.75) is 18.6 Å². The fourth-order valence-electron chi connectivity index (χ4n) is 1.66. The van der Waals surface area contributed by atoms with Crippen molar-refractivity contribution in [3.63, 3.8) is 0 Å². The van der Waals surface area contributed by atoms with Crippen molar-refractivity contribution in [2.24, 2.45) is 5.92 Å². The van der Waals surface area contributed by atoms with Gasteiger partial charge in [-0.25, -0.2) is 0 Å². The summed E-state index contributed by atoms with van der Waals surface area (Å²) in [5.74, 6) is 2.77. The third kappa shape index (κ3) is 2.59. The van der Waals surface area contributed by atoms with Crippen LogP contribution in [0.2, 0.25) is 0 Å². The molecule has 0 radical (unpaired) electrons. The molecule has 76 valence electrons. The Morgan fingerprint density at radius 1 is 1.54 bits per heavy atom. The van der Waals surface area contributed by atoms with Gasteiger partial charge in [0, 0.05) is 36.6 Å². The van der Waals surface area contributed by atoms with Crippen LogP contribution in [0.5, 0.6) is 0 Å². The zero-order valence-electron chi connectivity index (χ0n) is 7.74. The molecule has 2 aliphatic heterocycles. The predicted octanol–water partition coefficient (Wildman–Crippen LogP) is 0.0888. The maximum Gasteiger partial charge on any atom is 0.0715 e. The highest BCUT2D eigenvalue weighted by Crippen LogP contribution is 2.19. The van der Waals surface area contributed by atoms with Crippen LogP contribution < -0.4 is 5.32 Å². The minimum absolute atomic E-state index is 0.215. The highest BCUT2D eigenvalue weighted by atomic mass is 32.2. The Bertz CT molecular complexity index is 158. The summed E-state index contributed by atoms with van der Waals surface area (Å²) in [6, 6.07) is 0.641. The summed E-state index contributed by atoms with van der Waals surface area (Å²) in [6.07, 6.45) is 0.801. The predicted molar refractivity (Wildman–Crippen MR) is 54.0 cm³/mol. The number of thioether (sulfide) groups is 1. The first kappa shape index (κ1) is 9.77. The summed E-state index contributed by atoms with van der Waals surface area (Å²) in [4.78, 5) is 0. The Kier molecular flexibility index (Phi) is 3.49. The van der Waals surface area contributed by atoms with Gasteiger partial charge in [-0.3, -0.25) is 0 Å². The molecule has 0 bridgehead atoms. The van der Waals surface area contributed by atoms with Crippen LogP contribution in [-0.4, -0.2) is 48.5 Å². The van der Waals surface area contributed by atoms with Gasteiger partial charge in [-0.1, -0.05) is 0 Å². The van der Waals surface area contributed by atoms with Gasteiger partial charge in [-0.15, -0.1) is 0 Å². The quantitative estimate of drug-likeness (QED) is 0.679. The van der Waals surface area contributed by atoms with Crippen molar-refractivity contribution in [1.29, 1.82) is 0 Å². The number of nitrogens with one attached hydrogen (secondary N) is 1. The number of aliphatic hydroxyl groups is 1. The van der Waals surface area contributed by atoms with Gasteiger partial charge in [0.15, 0.2) is 0 Å². The van der Waals surface area contributed by atoms with E-state index in [1.807, 2.05) is 11.8 Å². The molecule has 0 aromatic heterocycles. The minimum atomic E-state index is -0.215. The summed E-state index contributed by atoms with van der Waals surface area (Å²) in [6.45, 7) is 2.29. The van der Waals surface area contributed by atoms with E-state index in [1.165, 1.54) is 11.5 Å². The van der Waals surface area contributed by atoms with Gasteiger partial charge in [0.1, 0.15) is 0 Å². The molecule has 0 aliphatic carbocycles. The average molecular weight is 203 g/mol. The second kappa shape index (κ2) is 4.64. The topological polar surface area (TPSA) is 41.5 Å². The second-order valence-corrected chi connectivity index (χ2v) is 4.91. The van der Waals surface area contributed by atoms with Crippen molar-refractivity contribution in [3.8, 4) is 0 Å². The Labute approximate surface area is 83.2 Å². The molecule has 13 heavy (non-hydrogen) atoms. The molecule has 2 saturated heterocycles. The monoisotopic (exact) mass is 203 g/mol. The van der Waals surface area contributed by atoms with Gasteiger partial charge in [0.05, 0.1) is 12.7 Å². The van der Waals surface area contributed by atoms with Crippen LogP contribution in [0.1, 0.15) is 6.42 Å². The van der Waals surface area contributed by atoms with Crippen molar-refractivity contribution in [1.82, 2.24) is 5.32 Å². The molecule has 3 nitrogen and oxygen atoms in total. The number of rotatable bonds is 4. The lowest BCUT2D eigenvalue weighted by Gasteiger charge is -2.28. The molecule has 2 aliphatic rings. The molecule has 0 aromatic carbocycles. The minimum Gasteiger partial charge on any atom is -0.391 e. The fraction of sp³-hybridized carbons (Fsp3) is 1.00. The van der Waals surface area contributed by atoms with Crippen LogP contribution in [0.4, 0.5) is 0 Å². The van der Waals surface area contributed by atoms with Gasteiger partial charge in [-0.05, 0) is 6.42 Å². The molecule has 0 spiro atoms. The van der Waals surface area contributed by atoms with E-state index >= 15 is 0 Å². The van der Waals surface area contributed by atoms with Crippen LogP contribution in [0.3, 0.4) is 0 Å². The van der Waals surface area contributed by atoms with Crippen LogP contribution in [-0.2, 0) is 4.74 Å². The molecule has 0 saturated carbocycles. The van der Waals surface area contributed by atoms with E-state index in [1.54, 1.807) is 0 Å². The lowest BCUT2D eigenvalue weighted by atomic mass is 10.0. The molecule has 2 heterocycles. The average Bonchev–Trinajstić information content (AvgIpc) is 2.52. The number of ether oxygens (including phenoxy) is 1. The molecular weight excluding hydrogens is 186 g/mol. The maximum atomic E-state index is 9.77. The van der Waals surface area contributed by atoms with E-state index in [9.17, 15) is 5.11 Å². The van der Waals surface area contributed by atoms with Gasteiger partial charge < -0.3 is 15.2 Å². The van der Waals surface area contributed by atoms with Crippen LogP contribution in [0, 0.1) is 5.92 Å². The molecule has 4 heteroatoms. The highest BCUT2D eigenvalue weighted by molar-refractivity contribution is 8.00. The van der Waals surface area contributed by atoms with Gasteiger partial charge in [-0.2, -0.15) is 11.8 Å². The van der Waals surface area contributed by atoms with Gasteiger partial charge in [0.2, 0.25) is 0 Å². The highest BCUT2D eigenvalue weighted by Gasteiger charge is 2.25. The SMILES string of the molecule is OC(CNC1CSC1)C1CCOC1. The molecule has 0 amide bonds. The van der Waals surface area contributed by atoms with Crippen LogP contribution >= 0.6 is 11.8 Å². The lowest BCUT2D eigenvalue weighted by Crippen LogP contribution is -2.45. The zero-order valence-corrected chi connectivity index (χ0v) is 8.55. The standard InChI is InChI=1S/C9H17NO2S/c11-9(7-1-2-12-4-7)3-10-8-5-13-6-8/h7-11H,1-6H2. The third-order valence-corrected chi connectivity index (χ3v) is 4.04. The maximum absolute atomic E-state index is 9.77. The lowest BCUT2D eigenvalue weighted by molar-refractivity contribution is 0.0893. The largest absolute Gasteiger partial charge is 0.391 e. The Morgan fingerprint density at radius 2 is 2.38 bits per heavy atom. The van der Waals surface area contributed by atoms with E-state index in [4.69, 9.17) is 4.74 Å².